The van der Waals surface area contributed by atoms with Crippen LogP contribution in [0.15, 0.2) is 18.7 Å². The van der Waals surface area contributed by atoms with Crippen molar-refractivity contribution >= 4 is 17.3 Å². The van der Waals surface area contributed by atoms with Crippen LogP contribution in [-0.4, -0.2) is 40.4 Å². The molecule has 0 saturated carbocycles. The molecule has 0 bridgehead atoms. The van der Waals surface area contributed by atoms with Gasteiger partial charge in [-0.05, 0) is 25.5 Å². The Morgan fingerprint density at radius 3 is 3.24 bits per heavy atom. The summed E-state index contributed by atoms with van der Waals surface area (Å²) in [7, 11) is 2.12. The molecule has 0 amide bonds. The molecule has 0 saturated heterocycles. The predicted octanol–water partition coefficient (Wildman–Crippen LogP) is 2.21. The van der Waals surface area contributed by atoms with Gasteiger partial charge in [0.15, 0.2) is 0 Å². The summed E-state index contributed by atoms with van der Waals surface area (Å²) in [6.45, 7) is 6.31. The van der Waals surface area contributed by atoms with E-state index in [4.69, 9.17) is 4.74 Å². The summed E-state index contributed by atoms with van der Waals surface area (Å²) in [6.07, 6.45) is 5.97. The van der Waals surface area contributed by atoms with Crippen LogP contribution in [0.3, 0.4) is 0 Å². The minimum absolute atomic E-state index is 0.616. The van der Waals surface area contributed by atoms with Crippen molar-refractivity contribution in [2.45, 2.75) is 12.8 Å². The van der Waals surface area contributed by atoms with Crippen LogP contribution in [0.25, 0.3) is 5.57 Å². The lowest BCUT2D eigenvalue weighted by atomic mass is 10.1. The van der Waals surface area contributed by atoms with Gasteiger partial charge in [0, 0.05) is 13.1 Å². The van der Waals surface area contributed by atoms with Crippen LogP contribution in [-0.2, 0) is 0 Å². The average Bonchev–Trinajstić information content (AvgIpc) is 2.78. The van der Waals surface area contributed by atoms with Crippen molar-refractivity contribution < 1.29 is 4.74 Å². The molecule has 1 aromatic rings. The number of hydrogen-bond acceptors (Lipinski definition) is 5. The molecule has 1 aliphatic rings. The quantitative estimate of drug-likeness (QED) is 0.594. The number of nitrogens with zero attached hydrogens (tertiary/aromatic N) is 3. The fraction of sp³-hybridized carbons (Fsp3) is 0.500. The Hall–Kier alpha value is -1.20. The fourth-order valence-corrected chi connectivity index (χ4v) is 2.31. The molecule has 5 heteroatoms. The van der Waals surface area contributed by atoms with Crippen molar-refractivity contribution in [2.24, 2.45) is 0 Å². The first-order valence-electron chi connectivity index (χ1n) is 5.75. The van der Waals surface area contributed by atoms with Crippen molar-refractivity contribution in [3.63, 3.8) is 0 Å². The molecule has 0 spiro atoms. The zero-order valence-corrected chi connectivity index (χ0v) is 10.9. The third kappa shape index (κ3) is 3.14. The van der Waals surface area contributed by atoms with Gasteiger partial charge in [-0.3, -0.25) is 0 Å². The van der Waals surface area contributed by atoms with Crippen molar-refractivity contribution in [3.05, 3.63) is 24.4 Å². The molecule has 92 valence electrons. The number of likely N-dealkylation sites (N-methyl/N-ethyl adjacent to an activating group) is 1. The highest BCUT2D eigenvalue weighted by atomic mass is 32.1. The molecular formula is C12H17N3OS. The van der Waals surface area contributed by atoms with Gasteiger partial charge >= 0.3 is 0 Å². The molecule has 0 aromatic carbocycles. The number of aromatic nitrogens is 2. The zero-order valence-electron chi connectivity index (χ0n) is 10.1. The van der Waals surface area contributed by atoms with Crippen LogP contribution in [0.5, 0.6) is 5.88 Å². The van der Waals surface area contributed by atoms with E-state index >= 15 is 0 Å². The van der Waals surface area contributed by atoms with Crippen molar-refractivity contribution in [1.82, 2.24) is 13.6 Å². The largest absolute Gasteiger partial charge is 0.475 e. The van der Waals surface area contributed by atoms with Crippen LogP contribution >= 0.6 is 11.7 Å². The van der Waals surface area contributed by atoms with Crippen LogP contribution in [0.1, 0.15) is 18.5 Å². The van der Waals surface area contributed by atoms with Gasteiger partial charge in [0.1, 0.15) is 5.69 Å². The maximum Gasteiger partial charge on any atom is 0.253 e. The van der Waals surface area contributed by atoms with Crippen molar-refractivity contribution in [1.29, 1.82) is 0 Å². The van der Waals surface area contributed by atoms with E-state index in [0.717, 1.165) is 31.6 Å². The summed E-state index contributed by atoms with van der Waals surface area (Å²) in [5.74, 6) is 0.665. The van der Waals surface area contributed by atoms with Gasteiger partial charge in [0.25, 0.3) is 5.88 Å². The second-order valence-corrected chi connectivity index (χ2v) is 4.63. The molecule has 1 aliphatic heterocycles. The lowest BCUT2D eigenvalue weighted by Crippen LogP contribution is -2.25. The predicted molar refractivity (Wildman–Crippen MR) is 70.3 cm³/mol. The normalized spacial score (nSPS) is 16.6. The van der Waals surface area contributed by atoms with Gasteiger partial charge in [-0.1, -0.05) is 12.2 Å². The fourth-order valence-electron chi connectivity index (χ4n) is 1.78. The average molecular weight is 251 g/mol. The van der Waals surface area contributed by atoms with Gasteiger partial charge in [0.05, 0.1) is 18.3 Å². The standard InChI is InChI=1S/C12H17N3OS/c1-3-4-8-16-12-11(13-17-14-12)10-6-5-7-15(2)9-10/h3,6H,1,4-5,7-9H2,2H3. The Kier molecular flexibility index (Phi) is 4.28. The van der Waals surface area contributed by atoms with E-state index in [9.17, 15) is 0 Å². The van der Waals surface area contributed by atoms with E-state index in [1.54, 1.807) is 0 Å². The summed E-state index contributed by atoms with van der Waals surface area (Å²) < 4.78 is 14.2. The third-order valence-corrected chi connectivity index (χ3v) is 3.18. The zero-order chi connectivity index (χ0) is 12.1. The lowest BCUT2D eigenvalue weighted by Gasteiger charge is -2.22. The van der Waals surface area contributed by atoms with E-state index in [1.807, 2.05) is 6.08 Å². The molecule has 0 N–H and O–H groups in total. The highest BCUT2D eigenvalue weighted by Crippen LogP contribution is 2.26. The van der Waals surface area contributed by atoms with Gasteiger partial charge in [-0.15, -0.1) is 11.0 Å². The summed E-state index contributed by atoms with van der Waals surface area (Å²) in [4.78, 5) is 2.28. The van der Waals surface area contributed by atoms with Crippen molar-refractivity contribution in [3.8, 4) is 5.88 Å². The van der Waals surface area contributed by atoms with Crippen molar-refractivity contribution in [2.75, 3.05) is 26.7 Å². The summed E-state index contributed by atoms with van der Waals surface area (Å²) >= 11 is 1.21. The Labute approximate surface area is 106 Å². The Morgan fingerprint density at radius 1 is 1.59 bits per heavy atom. The molecule has 17 heavy (non-hydrogen) atoms. The smallest absolute Gasteiger partial charge is 0.253 e. The van der Waals surface area contributed by atoms with Crippen LogP contribution < -0.4 is 4.74 Å². The Morgan fingerprint density at radius 2 is 2.47 bits per heavy atom. The minimum Gasteiger partial charge on any atom is -0.475 e. The SMILES string of the molecule is C=CCCOc1nsnc1C1=CCCN(C)C1. The third-order valence-electron chi connectivity index (χ3n) is 2.67. The minimum atomic E-state index is 0.616. The molecule has 2 heterocycles. The van der Waals surface area contributed by atoms with Gasteiger partial charge in [-0.2, -0.15) is 4.37 Å². The highest BCUT2D eigenvalue weighted by molar-refractivity contribution is 6.99. The van der Waals surface area contributed by atoms with E-state index in [0.29, 0.717) is 12.5 Å². The second-order valence-electron chi connectivity index (χ2n) is 4.10. The highest BCUT2D eigenvalue weighted by Gasteiger charge is 2.18. The number of ether oxygens (including phenoxy) is 1. The van der Waals surface area contributed by atoms with E-state index < -0.39 is 0 Å². The monoisotopic (exact) mass is 251 g/mol. The summed E-state index contributed by atoms with van der Waals surface area (Å²) in [6, 6.07) is 0. The Bertz CT molecular complexity index is 414. The van der Waals surface area contributed by atoms with Gasteiger partial charge in [0.2, 0.25) is 0 Å². The van der Waals surface area contributed by atoms with E-state index in [-0.39, 0.29) is 0 Å². The first-order chi connectivity index (χ1) is 8.31. The van der Waals surface area contributed by atoms with E-state index in [1.165, 1.54) is 17.3 Å². The molecule has 0 radical (unpaired) electrons. The molecule has 0 unspecified atom stereocenters. The van der Waals surface area contributed by atoms with Gasteiger partial charge in [-0.25, -0.2) is 0 Å². The molecule has 1 aromatic heterocycles. The lowest BCUT2D eigenvalue weighted by molar-refractivity contribution is 0.313. The molecular weight excluding hydrogens is 234 g/mol. The molecule has 0 fully saturated rings. The first kappa shape index (κ1) is 12.3. The molecule has 0 aliphatic carbocycles. The Balaban J connectivity index is 2.07. The molecule has 4 nitrogen and oxygen atoms in total. The van der Waals surface area contributed by atoms with Crippen LogP contribution in [0.4, 0.5) is 0 Å². The molecule has 2 rings (SSSR count). The maximum atomic E-state index is 5.61. The van der Waals surface area contributed by atoms with E-state index in [2.05, 4.69) is 33.3 Å². The van der Waals surface area contributed by atoms with Gasteiger partial charge < -0.3 is 9.64 Å². The molecule has 0 atom stereocenters. The number of rotatable bonds is 5. The summed E-state index contributed by atoms with van der Waals surface area (Å²) in [5, 5.41) is 0. The topological polar surface area (TPSA) is 38.3 Å². The number of hydrogen-bond donors (Lipinski definition) is 0. The first-order valence-corrected chi connectivity index (χ1v) is 6.48. The second kappa shape index (κ2) is 5.93. The maximum absolute atomic E-state index is 5.61. The van der Waals surface area contributed by atoms with Crippen LogP contribution in [0, 0.1) is 0 Å². The van der Waals surface area contributed by atoms with Crippen LogP contribution in [0.2, 0.25) is 0 Å². The summed E-state index contributed by atoms with van der Waals surface area (Å²) in [5.41, 5.74) is 2.13.